The van der Waals surface area contributed by atoms with E-state index in [2.05, 4.69) is 10.2 Å². The van der Waals surface area contributed by atoms with Crippen LogP contribution >= 0.6 is 23.2 Å². The summed E-state index contributed by atoms with van der Waals surface area (Å²) < 4.78 is 0. The number of carbonyl (C=O) groups is 1. The molecule has 0 unspecified atom stereocenters. The highest BCUT2D eigenvalue weighted by molar-refractivity contribution is 6.42. The van der Waals surface area contributed by atoms with E-state index < -0.39 is 0 Å². The van der Waals surface area contributed by atoms with Gasteiger partial charge in [-0.25, -0.2) is 0 Å². The summed E-state index contributed by atoms with van der Waals surface area (Å²) in [6.07, 6.45) is 0.536. The van der Waals surface area contributed by atoms with E-state index in [1.807, 2.05) is 24.1 Å². The van der Waals surface area contributed by atoms with Gasteiger partial charge in [0.25, 0.3) is 0 Å². The van der Waals surface area contributed by atoms with Gasteiger partial charge >= 0.3 is 0 Å². The van der Waals surface area contributed by atoms with Crippen molar-refractivity contribution in [3.63, 3.8) is 0 Å². The molecule has 0 aliphatic carbocycles. The molecule has 21 heavy (non-hydrogen) atoms. The van der Waals surface area contributed by atoms with Crippen LogP contribution in [0.15, 0.2) is 18.2 Å². The Bertz CT molecular complexity index is 490. The van der Waals surface area contributed by atoms with Crippen LogP contribution < -0.4 is 5.32 Å². The van der Waals surface area contributed by atoms with E-state index in [1.54, 1.807) is 6.07 Å². The number of halogens is 2. The Balaban J connectivity index is 1.80. The Labute approximate surface area is 136 Å². The van der Waals surface area contributed by atoms with Crippen LogP contribution in [-0.2, 0) is 11.3 Å². The molecule has 1 amide bonds. The number of nitrogens with zero attached hydrogens (tertiary/aromatic N) is 2. The van der Waals surface area contributed by atoms with E-state index in [4.69, 9.17) is 23.2 Å². The molecule has 1 aromatic rings. The minimum atomic E-state index is 0.223. The zero-order chi connectivity index (χ0) is 15.2. The molecule has 0 saturated carbocycles. The Hall–Kier alpha value is -0.810. The van der Waals surface area contributed by atoms with Gasteiger partial charge in [-0.05, 0) is 18.7 Å². The minimum absolute atomic E-state index is 0.223. The zero-order valence-corrected chi connectivity index (χ0v) is 13.8. The van der Waals surface area contributed by atoms with Gasteiger partial charge in [0.2, 0.25) is 5.91 Å². The van der Waals surface area contributed by atoms with Crippen LogP contribution in [0.3, 0.4) is 0 Å². The van der Waals surface area contributed by atoms with Crippen LogP contribution in [0, 0.1) is 0 Å². The maximum absolute atomic E-state index is 12.1. The molecule has 1 N–H and O–H groups in total. The lowest BCUT2D eigenvalue weighted by molar-refractivity contribution is -0.132. The number of hydrogen-bond acceptors (Lipinski definition) is 3. The fraction of sp³-hybridized carbons (Fsp3) is 0.533. The number of nitrogens with one attached hydrogen (secondary N) is 1. The van der Waals surface area contributed by atoms with E-state index in [9.17, 15) is 4.79 Å². The second-order valence-corrected chi connectivity index (χ2v) is 6.12. The van der Waals surface area contributed by atoms with Gasteiger partial charge in [0, 0.05) is 45.7 Å². The first-order valence-electron chi connectivity index (χ1n) is 7.18. The molecule has 0 atom stereocenters. The smallest absolute Gasteiger partial charge is 0.223 e. The van der Waals surface area contributed by atoms with Gasteiger partial charge in [-0.3, -0.25) is 4.79 Å². The number of benzene rings is 1. The van der Waals surface area contributed by atoms with Crippen molar-refractivity contribution >= 4 is 29.1 Å². The lowest BCUT2D eigenvalue weighted by Crippen LogP contribution is -2.47. The second-order valence-electron chi connectivity index (χ2n) is 5.33. The molecule has 1 aliphatic heterocycles. The Morgan fingerprint density at radius 2 is 2.05 bits per heavy atom. The predicted molar refractivity (Wildman–Crippen MR) is 86.9 cm³/mol. The molecule has 1 aromatic carbocycles. The summed E-state index contributed by atoms with van der Waals surface area (Å²) >= 11 is 12.2. The highest BCUT2D eigenvalue weighted by atomic mass is 35.5. The maximum atomic E-state index is 12.1. The maximum Gasteiger partial charge on any atom is 0.223 e. The van der Waals surface area contributed by atoms with Crippen molar-refractivity contribution in [1.82, 2.24) is 15.1 Å². The van der Waals surface area contributed by atoms with Gasteiger partial charge < -0.3 is 15.1 Å². The van der Waals surface area contributed by atoms with E-state index in [0.717, 1.165) is 31.7 Å². The van der Waals surface area contributed by atoms with Gasteiger partial charge in [0.1, 0.15) is 0 Å². The molecule has 116 valence electrons. The van der Waals surface area contributed by atoms with Crippen LogP contribution in [0.2, 0.25) is 10.0 Å². The third-order valence-corrected chi connectivity index (χ3v) is 4.51. The monoisotopic (exact) mass is 329 g/mol. The first-order chi connectivity index (χ1) is 10.1. The summed E-state index contributed by atoms with van der Waals surface area (Å²) in [6, 6.07) is 5.63. The van der Waals surface area contributed by atoms with Crippen molar-refractivity contribution in [2.45, 2.75) is 13.0 Å². The van der Waals surface area contributed by atoms with Gasteiger partial charge in [-0.2, -0.15) is 0 Å². The molecule has 6 heteroatoms. The Morgan fingerprint density at radius 1 is 1.33 bits per heavy atom. The normalized spacial score (nSPS) is 15.5. The first kappa shape index (κ1) is 16.6. The summed E-state index contributed by atoms with van der Waals surface area (Å²) in [4.78, 5) is 16.1. The lowest BCUT2D eigenvalue weighted by Gasteiger charge is -2.28. The number of hydrogen-bond donors (Lipinski definition) is 1. The molecular weight excluding hydrogens is 309 g/mol. The number of carbonyl (C=O) groups excluding carboxylic acids is 1. The molecule has 0 spiro atoms. The van der Waals surface area contributed by atoms with E-state index in [0.29, 0.717) is 29.6 Å². The molecule has 0 bridgehead atoms. The summed E-state index contributed by atoms with van der Waals surface area (Å²) in [5.41, 5.74) is 0.987. The van der Waals surface area contributed by atoms with Crippen LogP contribution in [0.5, 0.6) is 0 Å². The predicted octanol–water partition coefficient (Wildman–Crippen LogP) is 2.25. The third kappa shape index (κ3) is 4.85. The summed E-state index contributed by atoms with van der Waals surface area (Å²) in [5.74, 6) is 0.223. The third-order valence-electron chi connectivity index (χ3n) is 3.65. The van der Waals surface area contributed by atoms with Crippen LogP contribution in [0.25, 0.3) is 0 Å². The molecule has 1 aliphatic rings. The van der Waals surface area contributed by atoms with Crippen molar-refractivity contribution < 1.29 is 4.79 Å². The summed E-state index contributed by atoms with van der Waals surface area (Å²) in [7, 11) is 1.99. The fourth-order valence-electron chi connectivity index (χ4n) is 2.40. The lowest BCUT2D eigenvalue weighted by atomic mass is 10.2. The molecule has 0 radical (unpaired) electrons. The summed E-state index contributed by atoms with van der Waals surface area (Å²) in [6.45, 7) is 4.80. The molecule has 4 nitrogen and oxygen atoms in total. The van der Waals surface area contributed by atoms with Gasteiger partial charge in [0.15, 0.2) is 0 Å². The van der Waals surface area contributed by atoms with Crippen molar-refractivity contribution in [3.8, 4) is 0 Å². The van der Waals surface area contributed by atoms with E-state index >= 15 is 0 Å². The Morgan fingerprint density at radius 3 is 2.76 bits per heavy atom. The van der Waals surface area contributed by atoms with Crippen molar-refractivity contribution in [3.05, 3.63) is 33.8 Å². The number of amides is 1. The molecule has 2 rings (SSSR count). The standard InChI is InChI=1S/C15H21Cl2N3O/c1-19(11-12-3-2-4-13(16)15(12)17)8-5-14(21)20-9-6-18-7-10-20/h2-4,18H,5-11H2,1H3. The van der Waals surface area contributed by atoms with Crippen LogP contribution in [0.1, 0.15) is 12.0 Å². The number of piperazine rings is 1. The zero-order valence-electron chi connectivity index (χ0n) is 12.2. The molecule has 1 fully saturated rings. The fourth-order valence-corrected chi connectivity index (χ4v) is 2.78. The average molecular weight is 330 g/mol. The molecular formula is C15H21Cl2N3O. The van der Waals surface area contributed by atoms with E-state index in [-0.39, 0.29) is 5.91 Å². The topological polar surface area (TPSA) is 35.6 Å². The minimum Gasteiger partial charge on any atom is -0.340 e. The van der Waals surface area contributed by atoms with Crippen molar-refractivity contribution in [1.29, 1.82) is 0 Å². The second kappa shape index (κ2) is 7.99. The van der Waals surface area contributed by atoms with Crippen LogP contribution in [0.4, 0.5) is 0 Å². The SMILES string of the molecule is CN(CCC(=O)N1CCNCC1)Cc1cccc(Cl)c1Cl. The van der Waals surface area contributed by atoms with Gasteiger partial charge in [-0.1, -0.05) is 35.3 Å². The molecule has 1 saturated heterocycles. The molecule has 0 aromatic heterocycles. The van der Waals surface area contributed by atoms with E-state index in [1.165, 1.54) is 0 Å². The highest BCUT2D eigenvalue weighted by Gasteiger charge is 2.16. The summed E-state index contributed by atoms with van der Waals surface area (Å²) in [5, 5.41) is 4.41. The Kier molecular flexibility index (Phi) is 6.30. The van der Waals surface area contributed by atoms with Crippen molar-refractivity contribution in [2.24, 2.45) is 0 Å². The average Bonchev–Trinajstić information content (AvgIpc) is 2.50. The molecule has 1 heterocycles. The van der Waals surface area contributed by atoms with Crippen LogP contribution in [-0.4, -0.2) is 55.5 Å². The van der Waals surface area contributed by atoms with Crippen molar-refractivity contribution in [2.75, 3.05) is 39.8 Å². The largest absolute Gasteiger partial charge is 0.340 e. The number of rotatable bonds is 5. The van der Waals surface area contributed by atoms with Gasteiger partial charge in [0.05, 0.1) is 10.0 Å². The first-order valence-corrected chi connectivity index (χ1v) is 7.93. The van der Waals surface area contributed by atoms with Gasteiger partial charge in [-0.15, -0.1) is 0 Å². The quantitative estimate of drug-likeness (QED) is 0.899. The highest BCUT2D eigenvalue weighted by Crippen LogP contribution is 2.26.